The number of methoxy groups -OCH3 is 2. The summed E-state index contributed by atoms with van der Waals surface area (Å²) in [5.74, 6) is -0.123. The number of thiazole rings is 1. The molecule has 1 atom stereocenters. The van der Waals surface area contributed by atoms with Crippen LogP contribution in [0.1, 0.15) is 54.2 Å². The fourth-order valence-corrected chi connectivity index (χ4v) is 6.18. The number of allylic oxidation sites excluding steroid dienone is 1. The molecule has 47 heavy (non-hydrogen) atoms. The first-order valence-corrected chi connectivity index (χ1v) is 15.5. The van der Waals surface area contributed by atoms with E-state index in [1.165, 1.54) is 48.3 Å². The molecule has 0 saturated heterocycles. The number of hydrogen-bond donors (Lipinski definition) is 0. The SMILES string of the molecule is CCCC1=C(C(=O)OCC)[C@H](c2cc(OC)ccc2OC)n2c(s/c(=C\c3ccc(OC(=O)c4cccc([N+](=O)[O-])c4)cc3)c2=O)=N1. The molecule has 1 aliphatic rings. The molecule has 0 unspecified atom stereocenters. The van der Waals surface area contributed by atoms with Gasteiger partial charge in [-0.2, -0.15) is 0 Å². The maximum Gasteiger partial charge on any atom is 0.343 e. The molecule has 242 valence electrons. The molecule has 0 spiro atoms. The minimum atomic E-state index is -0.894. The van der Waals surface area contributed by atoms with Crippen molar-refractivity contribution in [1.29, 1.82) is 0 Å². The molecule has 0 bridgehead atoms. The van der Waals surface area contributed by atoms with E-state index < -0.39 is 22.9 Å². The van der Waals surface area contributed by atoms with E-state index in [0.717, 1.165) is 6.07 Å². The quantitative estimate of drug-likeness (QED) is 0.0967. The molecule has 0 saturated carbocycles. The van der Waals surface area contributed by atoms with Crippen molar-refractivity contribution in [3.05, 3.63) is 124 Å². The third kappa shape index (κ3) is 6.84. The van der Waals surface area contributed by atoms with Crippen molar-refractivity contribution < 1.29 is 33.5 Å². The highest BCUT2D eigenvalue weighted by Gasteiger charge is 2.36. The summed E-state index contributed by atoms with van der Waals surface area (Å²) in [7, 11) is 3.04. The zero-order valence-corrected chi connectivity index (χ0v) is 26.9. The van der Waals surface area contributed by atoms with Gasteiger partial charge in [0.1, 0.15) is 23.3 Å². The van der Waals surface area contributed by atoms with Gasteiger partial charge in [-0.1, -0.05) is 42.9 Å². The second kappa shape index (κ2) is 14.3. The van der Waals surface area contributed by atoms with E-state index in [4.69, 9.17) is 23.9 Å². The molecule has 13 heteroatoms. The van der Waals surface area contributed by atoms with Crippen molar-refractivity contribution in [2.75, 3.05) is 20.8 Å². The number of ether oxygens (including phenoxy) is 4. The van der Waals surface area contributed by atoms with Crippen LogP contribution >= 0.6 is 11.3 Å². The summed E-state index contributed by atoms with van der Waals surface area (Å²) in [6.07, 6.45) is 2.87. The molecule has 1 aromatic heterocycles. The highest BCUT2D eigenvalue weighted by Crippen LogP contribution is 2.38. The van der Waals surface area contributed by atoms with Crippen LogP contribution in [0.25, 0.3) is 6.08 Å². The number of esters is 2. The highest BCUT2D eigenvalue weighted by molar-refractivity contribution is 7.07. The summed E-state index contributed by atoms with van der Waals surface area (Å²) in [5, 5.41) is 11.1. The molecule has 12 nitrogen and oxygen atoms in total. The molecular formula is C34H31N3O9S. The Morgan fingerprint density at radius 2 is 1.74 bits per heavy atom. The van der Waals surface area contributed by atoms with Crippen LogP contribution in [0, 0.1) is 10.1 Å². The van der Waals surface area contributed by atoms with E-state index in [0.29, 0.717) is 50.5 Å². The standard InChI is InChI=1S/C34H31N3O9S/c1-5-8-26-29(33(40)45-6-2)30(25-19-24(43-3)15-16-27(25)44-4)36-31(38)28(47-34(36)35-26)17-20-11-13-23(14-12-20)46-32(39)21-9-7-10-22(18-21)37(41)42/h7,9-19,30H,5-6,8H2,1-4H3/b28-17-/t30-/m0/s1. The van der Waals surface area contributed by atoms with Crippen LogP contribution < -0.4 is 29.1 Å². The van der Waals surface area contributed by atoms with E-state index in [1.807, 2.05) is 6.92 Å². The Hall–Kier alpha value is -5.56. The maximum absolute atomic E-state index is 14.1. The molecule has 5 rings (SSSR count). The molecule has 1 aliphatic heterocycles. The van der Waals surface area contributed by atoms with Gasteiger partial charge in [-0.25, -0.2) is 14.6 Å². The first-order valence-electron chi connectivity index (χ1n) is 14.7. The Balaban J connectivity index is 1.57. The lowest BCUT2D eigenvalue weighted by atomic mass is 9.93. The summed E-state index contributed by atoms with van der Waals surface area (Å²) in [6, 6.07) is 16.0. The van der Waals surface area contributed by atoms with Crippen molar-refractivity contribution in [3.63, 3.8) is 0 Å². The van der Waals surface area contributed by atoms with E-state index in [1.54, 1.807) is 55.5 Å². The summed E-state index contributed by atoms with van der Waals surface area (Å²) in [4.78, 5) is 55.8. The Morgan fingerprint density at radius 1 is 1.00 bits per heavy atom. The first kappa shape index (κ1) is 32.8. The lowest BCUT2D eigenvalue weighted by molar-refractivity contribution is -0.384. The molecule has 0 aliphatic carbocycles. The Labute approximate surface area is 273 Å². The van der Waals surface area contributed by atoms with Gasteiger partial charge in [0.05, 0.1) is 47.1 Å². The van der Waals surface area contributed by atoms with Gasteiger partial charge in [0.25, 0.3) is 11.2 Å². The number of fused-ring (bicyclic) bond motifs is 1. The van der Waals surface area contributed by atoms with Crippen molar-refractivity contribution in [2.24, 2.45) is 4.99 Å². The largest absolute Gasteiger partial charge is 0.497 e. The molecule has 0 amide bonds. The van der Waals surface area contributed by atoms with Crippen LogP contribution in [0.15, 0.2) is 87.8 Å². The fraction of sp³-hybridized carbons (Fsp3) is 0.235. The zero-order valence-electron chi connectivity index (χ0n) is 26.1. The second-order valence-corrected chi connectivity index (χ2v) is 11.3. The van der Waals surface area contributed by atoms with E-state index in [9.17, 15) is 24.5 Å². The van der Waals surface area contributed by atoms with Crippen molar-refractivity contribution in [1.82, 2.24) is 4.57 Å². The number of non-ortho nitro benzene ring substituents is 1. The van der Waals surface area contributed by atoms with E-state index >= 15 is 0 Å². The van der Waals surface area contributed by atoms with Gasteiger partial charge in [0.2, 0.25) is 0 Å². The Kier molecular flexibility index (Phi) is 9.95. The predicted octanol–water partition coefficient (Wildman–Crippen LogP) is 4.72. The average Bonchev–Trinajstić information content (AvgIpc) is 3.38. The number of rotatable bonds is 11. The summed E-state index contributed by atoms with van der Waals surface area (Å²) in [5.41, 5.74) is 1.41. The van der Waals surface area contributed by atoms with Gasteiger partial charge in [-0.3, -0.25) is 19.5 Å². The molecular weight excluding hydrogens is 626 g/mol. The minimum Gasteiger partial charge on any atom is -0.497 e. The summed E-state index contributed by atoms with van der Waals surface area (Å²) < 4.78 is 23.9. The normalized spacial score (nSPS) is 14.2. The van der Waals surface area contributed by atoms with Crippen molar-refractivity contribution >= 4 is 35.0 Å². The number of carbonyl (C=O) groups excluding carboxylic acids is 2. The molecule has 3 aromatic carbocycles. The number of benzene rings is 3. The molecule has 0 fully saturated rings. The smallest absolute Gasteiger partial charge is 0.343 e. The molecule has 0 radical (unpaired) electrons. The Morgan fingerprint density at radius 3 is 2.40 bits per heavy atom. The Bertz CT molecular complexity index is 2060. The van der Waals surface area contributed by atoms with Crippen LogP contribution in [0.5, 0.6) is 17.2 Å². The van der Waals surface area contributed by atoms with Crippen LogP contribution in [-0.2, 0) is 9.53 Å². The summed E-state index contributed by atoms with van der Waals surface area (Å²) in [6.45, 7) is 3.84. The molecule has 4 aromatic rings. The van der Waals surface area contributed by atoms with Gasteiger partial charge in [0.15, 0.2) is 4.80 Å². The summed E-state index contributed by atoms with van der Waals surface area (Å²) >= 11 is 1.18. The predicted molar refractivity (Wildman–Crippen MR) is 174 cm³/mol. The van der Waals surface area contributed by atoms with Gasteiger partial charge in [-0.15, -0.1) is 0 Å². The number of nitrogens with zero attached hydrogens (tertiary/aromatic N) is 3. The zero-order chi connectivity index (χ0) is 33.7. The second-order valence-electron chi connectivity index (χ2n) is 10.3. The fourth-order valence-electron chi connectivity index (χ4n) is 5.16. The van der Waals surface area contributed by atoms with E-state index in [-0.39, 0.29) is 34.7 Å². The van der Waals surface area contributed by atoms with Crippen molar-refractivity contribution in [3.8, 4) is 17.2 Å². The average molecular weight is 658 g/mol. The van der Waals surface area contributed by atoms with E-state index in [2.05, 4.69) is 0 Å². The third-order valence-electron chi connectivity index (χ3n) is 7.30. The molecule has 0 N–H and O–H groups in total. The van der Waals surface area contributed by atoms with Crippen molar-refractivity contribution in [2.45, 2.75) is 32.7 Å². The topological polar surface area (TPSA) is 149 Å². The lowest BCUT2D eigenvalue weighted by Crippen LogP contribution is -2.40. The van der Waals surface area contributed by atoms with Gasteiger partial charge < -0.3 is 18.9 Å². The monoisotopic (exact) mass is 657 g/mol. The number of aromatic nitrogens is 1. The number of hydrogen-bond acceptors (Lipinski definition) is 11. The van der Waals surface area contributed by atoms with Crippen LogP contribution in [0.4, 0.5) is 5.69 Å². The van der Waals surface area contributed by atoms with Crippen LogP contribution in [0.3, 0.4) is 0 Å². The molecule has 2 heterocycles. The third-order valence-corrected chi connectivity index (χ3v) is 8.29. The highest BCUT2D eigenvalue weighted by atomic mass is 32.1. The maximum atomic E-state index is 14.1. The number of nitro groups is 1. The van der Waals surface area contributed by atoms with Gasteiger partial charge in [0, 0.05) is 17.7 Å². The van der Waals surface area contributed by atoms with Gasteiger partial charge in [-0.05, 0) is 61.4 Å². The van der Waals surface area contributed by atoms with Gasteiger partial charge >= 0.3 is 11.9 Å². The lowest BCUT2D eigenvalue weighted by Gasteiger charge is -2.27. The minimum absolute atomic E-state index is 0.0382. The first-order chi connectivity index (χ1) is 22.7. The number of nitro benzene ring substituents is 1. The van der Waals surface area contributed by atoms with Crippen LogP contribution in [0.2, 0.25) is 0 Å². The number of carbonyl (C=O) groups is 2. The van der Waals surface area contributed by atoms with Crippen LogP contribution in [-0.4, -0.2) is 42.3 Å².